The van der Waals surface area contributed by atoms with Crippen molar-refractivity contribution in [3.8, 4) is 11.5 Å². The third-order valence-electron chi connectivity index (χ3n) is 2.30. The molecule has 0 bridgehead atoms. The smallest absolute Gasteiger partial charge is 0.417 e. The van der Waals surface area contributed by atoms with Gasteiger partial charge in [-0.2, -0.15) is 13.2 Å². The Morgan fingerprint density at radius 3 is 2.65 bits per heavy atom. The van der Waals surface area contributed by atoms with Gasteiger partial charge in [0, 0.05) is 10.0 Å². The maximum Gasteiger partial charge on any atom is 0.417 e. The van der Waals surface area contributed by atoms with Crippen LogP contribution in [0.4, 0.5) is 13.2 Å². The molecule has 2 aromatic rings. The molecule has 0 radical (unpaired) electrons. The van der Waals surface area contributed by atoms with E-state index in [1.54, 1.807) is 0 Å². The summed E-state index contributed by atoms with van der Waals surface area (Å²) in [6, 6.07) is 3.41. The molecule has 1 aromatic carbocycles. The average Bonchev–Trinajstić information content (AvgIpc) is 2.86. The van der Waals surface area contributed by atoms with Crippen LogP contribution in [0.1, 0.15) is 16.2 Å². The molecule has 0 fully saturated rings. The van der Waals surface area contributed by atoms with E-state index < -0.39 is 23.6 Å². The fourth-order valence-corrected chi connectivity index (χ4v) is 1.86. The maximum absolute atomic E-state index is 12.8. The van der Waals surface area contributed by atoms with E-state index in [0.29, 0.717) is 0 Å². The molecule has 5 nitrogen and oxygen atoms in total. The highest BCUT2D eigenvalue weighted by Crippen LogP contribution is 2.37. The molecule has 0 saturated heterocycles. The Morgan fingerprint density at radius 2 is 2.05 bits per heavy atom. The van der Waals surface area contributed by atoms with Crippen molar-refractivity contribution in [2.75, 3.05) is 7.11 Å². The highest BCUT2D eigenvalue weighted by Gasteiger charge is 2.33. The van der Waals surface area contributed by atoms with Gasteiger partial charge >= 0.3 is 18.0 Å². The van der Waals surface area contributed by atoms with Crippen molar-refractivity contribution in [2.24, 2.45) is 0 Å². The van der Waals surface area contributed by atoms with Gasteiger partial charge in [-0.05, 0) is 18.2 Å². The van der Waals surface area contributed by atoms with E-state index in [1.165, 1.54) is 12.1 Å². The van der Waals surface area contributed by atoms with E-state index in [4.69, 9.17) is 4.42 Å². The molecule has 0 saturated carbocycles. The van der Waals surface area contributed by atoms with Crippen LogP contribution in [-0.2, 0) is 10.9 Å². The number of rotatable bonds is 2. The molecule has 0 unspecified atom stereocenters. The minimum absolute atomic E-state index is 0.0446. The number of benzene rings is 1. The summed E-state index contributed by atoms with van der Waals surface area (Å²) in [7, 11) is 1.12. The third kappa shape index (κ3) is 2.82. The molecule has 0 aliphatic rings. The van der Waals surface area contributed by atoms with Crippen molar-refractivity contribution in [3.05, 3.63) is 34.1 Å². The maximum atomic E-state index is 12.8. The Kier molecular flexibility index (Phi) is 3.80. The van der Waals surface area contributed by atoms with E-state index in [1.807, 2.05) is 0 Å². The van der Waals surface area contributed by atoms with Crippen LogP contribution in [0.25, 0.3) is 11.5 Å². The van der Waals surface area contributed by atoms with E-state index in [9.17, 15) is 18.0 Å². The lowest BCUT2D eigenvalue weighted by atomic mass is 10.1. The number of halogens is 4. The molecule has 20 heavy (non-hydrogen) atoms. The number of aromatic nitrogens is 2. The van der Waals surface area contributed by atoms with Crippen molar-refractivity contribution >= 4 is 21.9 Å². The van der Waals surface area contributed by atoms with Gasteiger partial charge < -0.3 is 9.15 Å². The summed E-state index contributed by atoms with van der Waals surface area (Å²) >= 11 is 2.82. The van der Waals surface area contributed by atoms with Crippen molar-refractivity contribution in [3.63, 3.8) is 0 Å². The van der Waals surface area contributed by atoms with Crippen LogP contribution in [0.2, 0.25) is 0 Å². The number of methoxy groups -OCH3 is 1. The first-order valence-corrected chi connectivity index (χ1v) is 5.91. The molecule has 0 atom stereocenters. The number of ether oxygens (including phenoxy) is 1. The Hall–Kier alpha value is -1.90. The Bertz CT molecular complexity index is 655. The summed E-state index contributed by atoms with van der Waals surface area (Å²) in [6.45, 7) is 0. The van der Waals surface area contributed by atoms with Crippen molar-refractivity contribution in [1.29, 1.82) is 0 Å². The first-order chi connectivity index (χ1) is 9.32. The number of esters is 1. The van der Waals surface area contributed by atoms with Crippen molar-refractivity contribution in [1.82, 2.24) is 10.2 Å². The summed E-state index contributed by atoms with van der Waals surface area (Å²) in [4.78, 5) is 11.1. The van der Waals surface area contributed by atoms with Crippen LogP contribution < -0.4 is 0 Å². The molecule has 0 aliphatic heterocycles. The number of nitrogens with zero attached hydrogens (tertiary/aromatic N) is 2. The second-order valence-electron chi connectivity index (χ2n) is 3.60. The lowest BCUT2D eigenvalue weighted by molar-refractivity contribution is -0.138. The highest BCUT2D eigenvalue weighted by molar-refractivity contribution is 9.10. The molecule has 0 spiro atoms. The fourth-order valence-electron chi connectivity index (χ4n) is 1.39. The number of hydrogen-bond donors (Lipinski definition) is 0. The lowest BCUT2D eigenvalue weighted by Gasteiger charge is -2.09. The van der Waals surface area contributed by atoms with E-state index >= 15 is 0 Å². The van der Waals surface area contributed by atoms with Crippen LogP contribution in [-0.4, -0.2) is 23.3 Å². The number of carbonyl (C=O) groups excluding carboxylic acids is 1. The number of alkyl halides is 3. The molecule has 2 rings (SSSR count). The van der Waals surface area contributed by atoms with Crippen LogP contribution in [0.5, 0.6) is 0 Å². The quantitative estimate of drug-likeness (QED) is 0.777. The third-order valence-corrected chi connectivity index (χ3v) is 3.00. The standard InChI is InChI=1S/C11H6BrF3N2O3/c1-19-10(18)9-17-16-8(20-9)5-2-3-7(12)6(4-5)11(13,14)15/h2-4H,1H3. The summed E-state index contributed by atoms with van der Waals surface area (Å²) < 4.78 is 47.5. The topological polar surface area (TPSA) is 65.2 Å². The second kappa shape index (κ2) is 5.23. The molecule has 106 valence electrons. The van der Waals surface area contributed by atoms with Crippen LogP contribution >= 0.6 is 15.9 Å². The highest BCUT2D eigenvalue weighted by atomic mass is 79.9. The molecule has 0 amide bonds. The molecular formula is C11H6BrF3N2O3. The van der Waals surface area contributed by atoms with Crippen molar-refractivity contribution < 1.29 is 27.1 Å². The molecule has 9 heteroatoms. The minimum Gasteiger partial charge on any atom is -0.462 e. The monoisotopic (exact) mass is 350 g/mol. The van der Waals surface area contributed by atoms with Crippen LogP contribution in [0.15, 0.2) is 27.1 Å². The molecule has 1 heterocycles. The van der Waals surface area contributed by atoms with Crippen LogP contribution in [0, 0.1) is 0 Å². The predicted molar refractivity (Wildman–Crippen MR) is 63.8 cm³/mol. The van der Waals surface area contributed by atoms with Gasteiger partial charge in [-0.1, -0.05) is 15.9 Å². The second-order valence-corrected chi connectivity index (χ2v) is 4.45. The van der Waals surface area contributed by atoms with Gasteiger partial charge in [0.1, 0.15) is 0 Å². The van der Waals surface area contributed by atoms with Gasteiger partial charge in [-0.3, -0.25) is 0 Å². The van der Waals surface area contributed by atoms with Gasteiger partial charge in [0.15, 0.2) is 0 Å². The molecule has 0 N–H and O–H groups in total. The van der Waals surface area contributed by atoms with Crippen molar-refractivity contribution in [2.45, 2.75) is 6.18 Å². The molecule has 1 aromatic heterocycles. The number of carbonyl (C=O) groups is 1. The van der Waals surface area contributed by atoms with Crippen LogP contribution in [0.3, 0.4) is 0 Å². The SMILES string of the molecule is COC(=O)c1nnc(-c2ccc(Br)c(C(F)(F)F)c2)o1. The van der Waals surface area contributed by atoms with Gasteiger partial charge in [-0.25, -0.2) is 4.79 Å². The van der Waals surface area contributed by atoms with E-state index in [-0.39, 0.29) is 15.9 Å². The zero-order chi connectivity index (χ0) is 14.9. The first kappa shape index (κ1) is 14.5. The summed E-state index contributed by atoms with van der Waals surface area (Å²) in [5, 5.41) is 6.90. The predicted octanol–water partition coefficient (Wildman–Crippen LogP) is 3.30. The normalized spacial score (nSPS) is 11.4. The zero-order valence-corrected chi connectivity index (χ0v) is 11.4. The van der Waals surface area contributed by atoms with Gasteiger partial charge in [0.25, 0.3) is 0 Å². The molecular weight excluding hydrogens is 345 g/mol. The van der Waals surface area contributed by atoms with Gasteiger partial charge in [-0.15, -0.1) is 10.2 Å². The summed E-state index contributed by atoms with van der Waals surface area (Å²) in [6.07, 6.45) is -4.53. The number of hydrogen-bond acceptors (Lipinski definition) is 5. The minimum atomic E-state index is -4.53. The summed E-state index contributed by atoms with van der Waals surface area (Å²) in [5.41, 5.74) is -0.837. The first-order valence-electron chi connectivity index (χ1n) is 5.12. The zero-order valence-electron chi connectivity index (χ0n) is 9.86. The molecule has 0 aliphatic carbocycles. The van der Waals surface area contributed by atoms with Gasteiger partial charge in [0.2, 0.25) is 5.89 Å². The Labute approximate surface area is 118 Å². The Morgan fingerprint density at radius 1 is 1.35 bits per heavy atom. The van der Waals surface area contributed by atoms with E-state index in [0.717, 1.165) is 13.2 Å². The lowest BCUT2D eigenvalue weighted by Crippen LogP contribution is -2.06. The average molecular weight is 351 g/mol. The van der Waals surface area contributed by atoms with E-state index in [2.05, 4.69) is 30.9 Å². The van der Waals surface area contributed by atoms with Gasteiger partial charge in [0.05, 0.1) is 12.7 Å². The largest absolute Gasteiger partial charge is 0.462 e. The fraction of sp³-hybridized carbons (Fsp3) is 0.182. The summed E-state index contributed by atoms with van der Waals surface area (Å²) in [5.74, 6) is -1.50. The Balaban J connectivity index is 2.44.